The second-order valence-corrected chi connectivity index (χ2v) is 8.13. The van der Waals surface area contributed by atoms with Crippen molar-refractivity contribution >= 4 is 35.5 Å². The first-order chi connectivity index (χ1) is 15.6. The lowest BCUT2D eigenvalue weighted by Crippen LogP contribution is -2.57. The van der Waals surface area contributed by atoms with E-state index in [1.807, 2.05) is 0 Å². The van der Waals surface area contributed by atoms with Gasteiger partial charge in [-0.25, -0.2) is 4.79 Å². The number of rotatable bonds is 8. The van der Waals surface area contributed by atoms with Crippen molar-refractivity contribution in [2.45, 2.75) is 31.3 Å². The summed E-state index contributed by atoms with van der Waals surface area (Å²) in [5.41, 5.74) is 0.432. The molecular weight excluding hydrogens is 432 g/mol. The van der Waals surface area contributed by atoms with E-state index >= 15 is 0 Å². The van der Waals surface area contributed by atoms with Gasteiger partial charge in [0.25, 0.3) is 17.7 Å². The molecule has 2 atom stereocenters. The normalized spacial score (nSPS) is 19.1. The fourth-order valence-electron chi connectivity index (χ4n) is 3.96. The number of carbonyl (C=O) groups is 6. The maximum atomic E-state index is 13.1. The molecule has 0 aliphatic carbocycles. The van der Waals surface area contributed by atoms with E-state index in [1.54, 1.807) is 31.1 Å². The second kappa shape index (κ2) is 9.90. The molecule has 1 aromatic rings. The smallest absolute Gasteiger partial charge is 0.328 e. The molecule has 2 heterocycles. The minimum Gasteiger partial charge on any atom is -0.467 e. The maximum Gasteiger partial charge on any atom is 0.328 e. The molecule has 0 aromatic heterocycles. The first kappa shape index (κ1) is 24.1. The Morgan fingerprint density at radius 1 is 1.12 bits per heavy atom. The van der Waals surface area contributed by atoms with Crippen LogP contribution >= 0.6 is 0 Å². The molecule has 0 bridgehead atoms. The van der Waals surface area contributed by atoms with Crippen LogP contribution in [-0.4, -0.2) is 96.6 Å². The number of fused-ring (bicyclic) bond motifs is 1. The molecule has 176 valence electrons. The topological polar surface area (TPSA) is 133 Å². The van der Waals surface area contributed by atoms with Crippen molar-refractivity contribution in [2.24, 2.45) is 0 Å². The van der Waals surface area contributed by atoms with Crippen molar-refractivity contribution in [3.8, 4) is 0 Å². The van der Waals surface area contributed by atoms with Crippen molar-refractivity contribution in [1.29, 1.82) is 0 Å². The van der Waals surface area contributed by atoms with E-state index in [-0.39, 0.29) is 43.5 Å². The fraction of sp³-hybridized carbons (Fsp3) is 0.455. The van der Waals surface area contributed by atoms with Gasteiger partial charge in [0.2, 0.25) is 11.8 Å². The number of benzene rings is 1. The number of methoxy groups -OCH3 is 1. The van der Waals surface area contributed by atoms with Crippen molar-refractivity contribution in [3.63, 3.8) is 0 Å². The highest BCUT2D eigenvalue weighted by Crippen LogP contribution is 2.29. The lowest BCUT2D eigenvalue weighted by Gasteiger charge is -2.35. The third-order valence-electron chi connectivity index (χ3n) is 5.54. The van der Waals surface area contributed by atoms with Crippen LogP contribution in [0.1, 0.15) is 40.0 Å². The van der Waals surface area contributed by atoms with E-state index in [9.17, 15) is 28.8 Å². The summed E-state index contributed by atoms with van der Waals surface area (Å²) in [5.74, 6) is -3.45. The van der Waals surface area contributed by atoms with Gasteiger partial charge in [0.1, 0.15) is 12.1 Å². The van der Waals surface area contributed by atoms with Gasteiger partial charge in [-0.05, 0) is 39.1 Å². The molecule has 0 saturated carbocycles. The molecule has 1 fully saturated rings. The van der Waals surface area contributed by atoms with Gasteiger partial charge < -0.3 is 15.0 Å². The van der Waals surface area contributed by atoms with Crippen LogP contribution in [0, 0.1) is 0 Å². The first-order valence-electron chi connectivity index (χ1n) is 10.5. The summed E-state index contributed by atoms with van der Waals surface area (Å²) in [7, 11) is 4.55. The Kier molecular flexibility index (Phi) is 7.22. The minimum atomic E-state index is -1.12. The average molecular weight is 458 g/mol. The summed E-state index contributed by atoms with van der Waals surface area (Å²) >= 11 is 0. The zero-order chi connectivity index (χ0) is 24.3. The van der Waals surface area contributed by atoms with E-state index < -0.39 is 47.6 Å². The molecular formula is C22H26N4O7. The van der Waals surface area contributed by atoms with Gasteiger partial charge in [-0.2, -0.15) is 0 Å². The number of amides is 5. The maximum absolute atomic E-state index is 13.1. The van der Waals surface area contributed by atoms with E-state index in [4.69, 9.17) is 4.74 Å². The zero-order valence-electron chi connectivity index (χ0n) is 18.7. The number of hydrogen-bond donors (Lipinski definition) is 1. The molecule has 11 nitrogen and oxygen atoms in total. The van der Waals surface area contributed by atoms with Gasteiger partial charge in [0, 0.05) is 13.0 Å². The first-order valence-corrected chi connectivity index (χ1v) is 10.5. The van der Waals surface area contributed by atoms with Crippen LogP contribution in [0.5, 0.6) is 0 Å². The van der Waals surface area contributed by atoms with Crippen LogP contribution in [0.25, 0.3) is 0 Å². The van der Waals surface area contributed by atoms with Crippen LogP contribution in [0.4, 0.5) is 0 Å². The van der Waals surface area contributed by atoms with Gasteiger partial charge >= 0.3 is 5.97 Å². The van der Waals surface area contributed by atoms with Gasteiger partial charge in [0.15, 0.2) is 0 Å². The van der Waals surface area contributed by atoms with Crippen molar-refractivity contribution in [1.82, 2.24) is 20.0 Å². The number of likely N-dealkylation sites (tertiary alicyclic amines) is 1. The van der Waals surface area contributed by atoms with E-state index in [2.05, 4.69) is 5.32 Å². The largest absolute Gasteiger partial charge is 0.467 e. The Labute approximate surface area is 190 Å². The number of nitrogens with zero attached hydrogens (tertiary/aromatic N) is 3. The monoisotopic (exact) mass is 458 g/mol. The Morgan fingerprint density at radius 3 is 2.27 bits per heavy atom. The lowest BCUT2D eigenvalue weighted by atomic mass is 10.0. The van der Waals surface area contributed by atoms with E-state index in [0.717, 1.165) is 9.80 Å². The summed E-state index contributed by atoms with van der Waals surface area (Å²) in [6, 6.07) is 4.11. The molecule has 1 N–H and O–H groups in total. The van der Waals surface area contributed by atoms with Crippen LogP contribution in [-0.2, 0) is 23.9 Å². The molecule has 2 unspecified atom stereocenters. The standard InChI is InChI=1S/C22H26N4O7/c1-24(2)12-17(27)23-15(22(32)33-3)10-11-25-18(28)9-8-16(21(25)31)26-19(29)13-6-4-5-7-14(13)20(26)30/h4-7,15-16H,8-12H2,1-3H3,(H,23,27). The number of ether oxygens (including phenoxy) is 1. The van der Waals surface area contributed by atoms with E-state index in [1.165, 1.54) is 19.2 Å². The Morgan fingerprint density at radius 2 is 1.73 bits per heavy atom. The summed E-state index contributed by atoms with van der Waals surface area (Å²) < 4.78 is 4.72. The highest BCUT2D eigenvalue weighted by molar-refractivity contribution is 6.23. The van der Waals surface area contributed by atoms with Crippen LogP contribution in [0.2, 0.25) is 0 Å². The second-order valence-electron chi connectivity index (χ2n) is 8.13. The van der Waals surface area contributed by atoms with Crippen LogP contribution in [0.15, 0.2) is 24.3 Å². The number of nitrogens with one attached hydrogen (secondary N) is 1. The summed E-state index contributed by atoms with van der Waals surface area (Å²) in [6.45, 7) is -0.143. The van der Waals surface area contributed by atoms with Crippen LogP contribution in [0.3, 0.4) is 0 Å². The number of esters is 1. The number of carbonyl (C=O) groups excluding carboxylic acids is 6. The number of imide groups is 2. The Balaban J connectivity index is 1.73. The molecule has 1 aromatic carbocycles. The Hall–Kier alpha value is -3.60. The molecule has 0 radical (unpaired) electrons. The molecule has 3 rings (SSSR count). The molecule has 0 spiro atoms. The van der Waals surface area contributed by atoms with Gasteiger partial charge in [-0.3, -0.25) is 33.8 Å². The highest BCUT2D eigenvalue weighted by atomic mass is 16.5. The SMILES string of the molecule is COC(=O)C(CCN1C(=O)CCC(N2C(=O)c3ccccc3C2=O)C1=O)NC(=O)CN(C)C. The van der Waals surface area contributed by atoms with Gasteiger partial charge in [-0.15, -0.1) is 0 Å². The molecule has 2 aliphatic heterocycles. The van der Waals surface area contributed by atoms with Crippen molar-refractivity contribution in [3.05, 3.63) is 35.4 Å². The number of hydrogen-bond acceptors (Lipinski definition) is 8. The Bertz CT molecular complexity index is 971. The molecule has 5 amide bonds. The number of likely N-dealkylation sites (N-methyl/N-ethyl adjacent to an activating group) is 1. The number of piperidine rings is 1. The zero-order valence-corrected chi connectivity index (χ0v) is 18.7. The summed E-state index contributed by atoms with van der Waals surface area (Å²) in [6.07, 6.45) is -0.0858. The molecule has 2 aliphatic rings. The third kappa shape index (κ3) is 4.92. The van der Waals surface area contributed by atoms with Crippen molar-refractivity contribution < 1.29 is 33.5 Å². The molecule has 33 heavy (non-hydrogen) atoms. The van der Waals surface area contributed by atoms with Gasteiger partial charge in [-0.1, -0.05) is 12.1 Å². The fourth-order valence-corrected chi connectivity index (χ4v) is 3.96. The molecule has 1 saturated heterocycles. The highest BCUT2D eigenvalue weighted by Gasteiger charge is 2.46. The minimum absolute atomic E-state index is 0.0274. The summed E-state index contributed by atoms with van der Waals surface area (Å²) in [4.78, 5) is 78.8. The third-order valence-corrected chi connectivity index (χ3v) is 5.54. The van der Waals surface area contributed by atoms with Gasteiger partial charge in [0.05, 0.1) is 24.8 Å². The predicted molar refractivity (Wildman–Crippen MR) is 114 cm³/mol. The van der Waals surface area contributed by atoms with Crippen LogP contribution < -0.4 is 5.32 Å². The van der Waals surface area contributed by atoms with Crippen molar-refractivity contribution in [2.75, 3.05) is 34.3 Å². The summed E-state index contributed by atoms with van der Waals surface area (Å²) in [5, 5.41) is 2.54. The quantitative estimate of drug-likeness (QED) is 0.404. The predicted octanol–water partition coefficient (Wildman–Crippen LogP) is -0.590. The molecule has 11 heteroatoms. The van der Waals surface area contributed by atoms with E-state index in [0.29, 0.717) is 0 Å². The average Bonchev–Trinajstić information content (AvgIpc) is 3.02. The lowest BCUT2D eigenvalue weighted by molar-refractivity contribution is -0.153.